The fourth-order valence-corrected chi connectivity index (χ4v) is 4.48. The van der Waals surface area contributed by atoms with Crippen molar-refractivity contribution < 1.29 is 23.5 Å². The first-order valence-corrected chi connectivity index (χ1v) is 11.3. The molecular formula is C22H27ClFN5O4. The molecule has 2 aliphatic heterocycles. The van der Waals surface area contributed by atoms with Crippen molar-refractivity contribution in [2.45, 2.75) is 37.8 Å². The van der Waals surface area contributed by atoms with Gasteiger partial charge >= 0.3 is 0 Å². The second-order valence-electron chi connectivity index (χ2n) is 8.48. The van der Waals surface area contributed by atoms with E-state index in [0.717, 1.165) is 6.07 Å². The van der Waals surface area contributed by atoms with Gasteiger partial charge in [0.05, 0.1) is 23.5 Å². The fraction of sp³-hybridized carbons (Fsp3) is 0.500. The quantitative estimate of drug-likeness (QED) is 0.489. The Kier molecular flexibility index (Phi) is 7.04. The zero-order valence-electron chi connectivity index (χ0n) is 18.2. The van der Waals surface area contributed by atoms with E-state index in [2.05, 4.69) is 21.3 Å². The molecule has 0 radical (unpaired) electrons. The summed E-state index contributed by atoms with van der Waals surface area (Å²) >= 11 is 5.99. The topological polar surface area (TPSA) is 112 Å². The highest BCUT2D eigenvalue weighted by Crippen LogP contribution is 2.28. The Morgan fingerprint density at radius 2 is 1.82 bits per heavy atom. The van der Waals surface area contributed by atoms with Crippen LogP contribution in [0.25, 0.3) is 0 Å². The second-order valence-corrected chi connectivity index (χ2v) is 8.89. The Morgan fingerprint density at radius 3 is 2.48 bits per heavy atom. The molecule has 2 heterocycles. The summed E-state index contributed by atoms with van der Waals surface area (Å²) in [5.41, 5.74) is 0.888. The van der Waals surface area contributed by atoms with Crippen LogP contribution in [0.1, 0.15) is 25.7 Å². The van der Waals surface area contributed by atoms with Crippen LogP contribution in [0.4, 0.5) is 10.1 Å². The summed E-state index contributed by atoms with van der Waals surface area (Å²) in [5.74, 6) is -1.42. The van der Waals surface area contributed by atoms with Crippen LogP contribution < -0.4 is 21.3 Å². The van der Waals surface area contributed by atoms with Gasteiger partial charge in [0.2, 0.25) is 5.91 Å². The molecule has 3 aliphatic rings. The number of hydrogen-bond donors (Lipinski definition) is 4. The molecular weight excluding hydrogens is 453 g/mol. The summed E-state index contributed by atoms with van der Waals surface area (Å²) in [6.07, 6.45) is 2.49. The van der Waals surface area contributed by atoms with Gasteiger partial charge in [0, 0.05) is 32.2 Å². The SMILES string of the molecule is COC1CN(C(=O)C2=C(C(=O)N[C@H]3CC[C@H](C(=O)Nc4ccc(F)cc4Cl)CC3)NCN2)C1. The van der Waals surface area contributed by atoms with Crippen LogP contribution in [-0.2, 0) is 19.1 Å². The van der Waals surface area contributed by atoms with Gasteiger partial charge in [-0.15, -0.1) is 0 Å². The van der Waals surface area contributed by atoms with Gasteiger partial charge in [0.1, 0.15) is 17.2 Å². The summed E-state index contributed by atoms with van der Waals surface area (Å²) in [7, 11) is 1.61. The molecule has 4 N–H and O–H groups in total. The third-order valence-electron chi connectivity index (χ3n) is 6.31. The van der Waals surface area contributed by atoms with Crippen LogP contribution in [0.15, 0.2) is 29.6 Å². The average Bonchev–Trinajstić information content (AvgIpc) is 3.25. The van der Waals surface area contributed by atoms with Crippen molar-refractivity contribution in [3.05, 3.63) is 40.4 Å². The molecule has 2 fully saturated rings. The van der Waals surface area contributed by atoms with Gasteiger partial charge in [0.15, 0.2) is 0 Å². The monoisotopic (exact) mass is 479 g/mol. The minimum Gasteiger partial charge on any atom is -0.378 e. The number of anilines is 1. The van der Waals surface area contributed by atoms with Crippen molar-refractivity contribution in [1.29, 1.82) is 0 Å². The number of hydrogen-bond acceptors (Lipinski definition) is 6. The van der Waals surface area contributed by atoms with Gasteiger partial charge in [-0.2, -0.15) is 0 Å². The number of carbonyl (C=O) groups excluding carboxylic acids is 3. The third-order valence-corrected chi connectivity index (χ3v) is 6.62. The predicted molar refractivity (Wildman–Crippen MR) is 119 cm³/mol. The van der Waals surface area contributed by atoms with E-state index in [-0.39, 0.29) is 52.2 Å². The average molecular weight is 480 g/mol. The third kappa shape index (κ3) is 5.22. The number of amides is 3. The van der Waals surface area contributed by atoms with E-state index < -0.39 is 5.82 Å². The van der Waals surface area contributed by atoms with Crippen molar-refractivity contribution >= 4 is 35.0 Å². The first-order chi connectivity index (χ1) is 15.9. The lowest BCUT2D eigenvalue weighted by Crippen LogP contribution is -2.55. The maximum atomic E-state index is 13.2. The van der Waals surface area contributed by atoms with Crippen molar-refractivity contribution in [3.63, 3.8) is 0 Å². The Labute approximate surface area is 196 Å². The zero-order valence-corrected chi connectivity index (χ0v) is 19.0. The summed E-state index contributed by atoms with van der Waals surface area (Å²) in [5, 5.41) is 11.8. The Morgan fingerprint density at radius 1 is 1.12 bits per heavy atom. The van der Waals surface area contributed by atoms with Crippen LogP contribution >= 0.6 is 11.6 Å². The van der Waals surface area contributed by atoms with Crippen molar-refractivity contribution in [2.24, 2.45) is 5.92 Å². The van der Waals surface area contributed by atoms with Crippen molar-refractivity contribution in [3.8, 4) is 0 Å². The van der Waals surface area contributed by atoms with Crippen LogP contribution in [-0.4, -0.2) is 61.6 Å². The summed E-state index contributed by atoms with van der Waals surface area (Å²) < 4.78 is 18.4. The molecule has 0 bridgehead atoms. The Hall–Kier alpha value is -2.85. The maximum Gasteiger partial charge on any atom is 0.272 e. The number of likely N-dealkylation sites (tertiary alicyclic amines) is 1. The van der Waals surface area contributed by atoms with Crippen LogP contribution in [0.2, 0.25) is 5.02 Å². The predicted octanol–water partition coefficient (Wildman–Crippen LogP) is 1.31. The van der Waals surface area contributed by atoms with Crippen molar-refractivity contribution in [1.82, 2.24) is 20.9 Å². The molecule has 0 spiro atoms. The molecule has 3 amide bonds. The first kappa shape index (κ1) is 23.3. The van der Waals surface area contributed by atoms with E-state index in [1.54, 1.807) is 12.0 Å². The molecule has 4 rings (SSSR count). The maximum absolute atomic E-state index is 13.2. The summed E-state index contributed by atoms with van der Waals surface area (Å²) in [6, 6.07) is 3.74. The molecule has 0 atom stereocenters. The van der Waals surface area contributed by atoms with E-state index in [4.69, 9.17) is 16.3 Å². The molecule has 0 aromatic heterocycles. The highest BCUT2D eigenvalue weighted by atomic mass is 35.5. The number of methoxy groups -OCH3 is 1. The molecule has 178 valence electrons. The lowest BCUT2D eigenvalue weighted by Gasteiger charge is -2.38. The van der Waals surface area contributed by atoms with Gasteiger partial charge in [-0.25, -0.2) is 4.39 Å². The smallest absolute Gasteiger partial charge is 0.272 e. The highest BCUT2D eigenvalue weighted by molar-refractivity contribution is 6.33. The standard InChI is InChI=1S/C22H27ClFN5O4/c1-33-15-9-29(10-15)22(32)19-18(25-11-26-19)21(31)27-14-5-2-12(3-6-14)20(30)28-17-7-4-13(24)8-16(17)23/h4,7-8,12,14-15,25-26H,2-3,5-6,9-11H2,1H3,(H,27,31)(H,28,30)/t12-,14-. The van der Waals surface area contributed by atoms with E-state index in [9.17, 15) is 18.8 Å². The first-order valence-electron chi connectivity index (χ1n) is 11.0. The molecule has 33 heavy (non-hydrogen) atoms. The van der Waals surface area contributed by atoms with Gasteiger partial charge in [-0.3, -0.25) is 14.4 Å². The minimum atomic E-state index is -0.467. The molecule has 1 saturated carbocycles. The molecule has 11 heteroatoms. The summed E-state index contributed by atoms with van der Waals surface area (Å²) in [6.45, 7) is 1.32. The number of benzene rings is 1. The Balaban J connectivity index is 1.28. The summed E-state index contributed by atoms with van der Waals surface area (Å²) in [4.78, 5) is 39.7. The van der Waals surface area contributed by atoms with Gasteiger partial charge in [-0.05, 0) is 43.9 Å². The van der Waals surface area contributed by atoms with E-state index in [0.29, 0.717) is 51.1 Å². The number of ether oxygens (including phenoxy) is 1. The van der Waals surface area contributed by atoms with Crippen molar-refractivity contribution in [2.75, 3.05) is 32.2 Å². The second kappa shape index (κ2) is 9.96. The minimum absolute atomic E-state index is 0.0349. The largest absolute Gasteiger partial charge is 0.378 e. The molecule has 1 aromatic rings. The van der Waals surface area contributed by atoms with Gasteiger partial charge in [-0.1, -0.05) is 11.6 Å². The van der Waals surface area contributed by atoms with Crippen LogP contribution in [0, 0.1) is 11.7 Å². The lowest BCUT2D eigenvalue weighted by atomic mass is 9.85. The molecule has 0 unspecified atom stereocenters. The van der Waals surface area contributed by atoms with Crippen LogP contribution in [0.3, 0.4) is 0 Å². The van der Waals surface area contributed by atoms with E-state index in [1.165, 1.54) is 12.1 Å². The number of carbonyl (C=O) groups is 3. The van der Waals surface area contributed by atoms with E-state index in [1.807, 2.05) is 0 Å². The molecule has 1 aliphatic carbocycles. The highest BCUT2D eigenvalue weighted by Gasteiger charge is 2.36. The van der Waals surface area contributed by atoms with E-state index >= 15 is 0 Å². The molecule has 1 aromatic carbocycles. The molecule has 1 saturated heterocycles. The number of nitrogens with zero attached hydrogens (tertiary/aromatic N) is 1. The number of halogens is 2. The van der Waals surface area contributed by atoms with Gasteiger partial charge < -0.3 is 30.9 Å². The Bertz CT molecular complexity index is 974. The lowest BCUT2D eigenvalue weighted by molar-refractivity contribution is -0.139. The number of nitrogens with one attached hydrogen (secondary N) is 4. The van der Waals surface area contributed by atoms with Gasteiger partial charge in [0.25, 0.3) is 11.8 Å². The zero-order chi connectivity index (χ0) is 23.5. The molecule has 9 nitrogen and oxygen atoms in total. The normalized spacial score (nSPS) is 22.8. The van der Waals surface area contributed by atoms with Crippen LogP contribution in [0.5, 0.6) is 0 Å². The number of rotatable bonds is 6. The fourth-order valence-electron chi connectivity index (χ4n) is 4.27.